The first kappa shape index (κ1) is 14.0. The molecule has 0 atom stereocenters. The third-order valence-corrected chi connectivity index (χ3v) is 5.52. The van der Waals surface area contributed by atoms with Gasteiger partial charge in [-0.1, -0.05) is 6.42 Å². The first-order chi connectivity index (χ1) is 10.7. The molecular formula is C17H24N4O. The zero-order chi connectivity index (χ0) is 15.3. The van der Waals surface area contributed by atoms with Crippen molar-refractivity contribution in [1.82, 2.24) is 19.2 Å². The highest BCUT2D eigenvalue weighted by molar-refractivity contribution is 5.80. The number of aryl methyl sites for hydroxylation is 2. The second-order valence-electron chi connectivity index (χ2n) is 6.89. The topological polar surface area (TPSA) is 43.1 Å². The van der Waals surface area contributed by atoms with Crippen LogP contribution in [0.2, 0.25) is 0 Å². The molecule has 1 fully saturated rings. The first-order valence-electron chi connectivity index (χ1n) is 8.43. The first-order valence-corrected chi connectivity index (χ1v) is 8.43. The molecule has 2 heterocycles. The molecule has 1 saturated carbocycles. The summed E-state index contributed by atoms with van der Waals surface area (Å²) in [7, 11) is 4.08. The molecule has 0 bridgehead atoms. The minimum atomic E-state index is 0.206. The van der Waals surface area contributed by atoms with Gasteiger partial charge >= 0.3 is 0 Å². The quantitative estimate of drug-likeness (QED) is 0.871. The Balaban J connectivity index is 1.87. The average molecular weight is 300 g/mol. The number of pyridine rings is 1. The molecule has 4 rings (SSSR count). The minimum Gasteiger partial charge on any atom is -0.286 e. The molecule has 22 heavy (non-hydrogen) atoms. The number of aromatic nitrogens is 3. The zero-order valence-electron chi connectivity index (χ0n) is 13.5. The van der Waals surface area contributed by atoms with E-state index in [1.54, 1.807) is 0 Å². The van der Waals surface area contributed by atoms with E-state index in [9.17, 15) is 4.79 Å². The summed E-state index contributed by atoms with van der Waals surface area (Å²) in [6, 6.07) is 0.631. The molecule has 2 aromatic heterocycles. The number of nitrogens with zero attached hydrogens (tertiary/aromatic N) is 4. The Labute approximate surface area is 130 Å². The van der Waals surface area contributed by atoms with Crippen molar-refractivity contribution in [2.45, 2.75) is 57.7 Å². The second-order valence-corrected chi connectivity index (χ2v) is 6.89. The fourth-order valence-corrected chi connectivity index (χ4v) is 3.96. The largest absolute Gasteiger partial charge is 0.286 e. The summed E-state index contributed by atoms with van der Waals surface area (Å²) >= 11 is 0. The molecule has 0 N–H and O–H groups in total. The molecule has 0 amide bonds. The maximum Gasteiger partial charge on any atom is 0.256 e. The molecule has 0 spiro atoms. The Morgan fingerprint density at radius 2 is 1.95 bits per heavy atom. The Kier molecular flexibility index (Phi) is 3.33. The molecule has 0 aliphatic heterocycles. The van der Waals surface area contributed by atoms with Gasteiger partial charge in [-0.25, -0.2) is 0 Å². The highest BCUT2D eigenvalue weighted by Crippen LogP contribution is 2.28. The summed E-state index contributed by atoms with van der Waals surface area (Å²) in [5.74, 6) is 0. The van der Waals surface area contributed by atoms with Gasteiger partial charge in [-0.15, -0.1) is 0 Å². The Morgan fingerprint density at radius 1 is 1.23 bits per heavy atom. The highest BCUT2D eigenvalue weighted by Gasteiger charge is 2.25. The summed E-state index contributed by atoms with van der Waals surface area (Å²) in [5.41, 5.74) is 3.48. The van der Waals surface area contributed by atoms with E-state index in [0.717, 1.165) is 30.5 Å². The lowest BCUT2D eigenvalue weighted by Crippen LogP contribution is -2.41. The maximum absolute atomic E-state index is 13.0. The van der Waals surface area contributed by atoms with Gasteiger partial charge in [-0.2, -0.15) is 5.10 Å². The van der Waals surface area contributed by atoms with Crippen LogP contribution in [0.25, 0.3) is 11.0 Å². The van der Waals surface area contributed by atoms with Crippen molar-refractivity contribution >= 4 is 11.0 Å². The summed E-state index contributed by atoms with van der Waals surface area (Å²) in [5, 5.41) is 5.61. The minimum absolute atomic E-state index is 0.206. The fraction of sp³-hybridized carbons (Fsp3) is 0.647. The van der Waals surface area contributed by atoms with Gasteiger partial charge in [0.15, 0.2) is 0 Å². The Hall–Kier alpha value is -1.62. The van der Waals surface area contributed by atoms with Crippen LogP contribution in [0.4, 0.5) is 0 Å². The molecule has 0 saturated heterocycles. The van der Waals surface area contributed by atoms with Gasteiger partial charge in [0, 0.05) is 24.0 Å². The third kappa shape index (κ3) is 2.02. The molecule has 0 aromatic carbocycles. The zero-order valence-corrected chi connectivity index (χ0v) is 13.5. The van der Waals surface area contributed by atoms with E-state index >= 15 is 0 Å². The van der Waals surface area contributed by atoms with E-state index in [1.807, 2.05) is 22.5 Å². The SMILES string of the molecule is CN(Cn1c(=O)c2c(c3cnn(C)c31)CCCC2)C1CCC1. The maximum atomic E-state index is 13.0. The Morgan fingerprint density at radius 3 is 2.64 bits per heavy atom. The third-order valence-electron chi connectivity index (χ3n) is 5.52. The van der Waals surface area contributed by atoms with Crippen LogP contribution >= 0.6 is 0 Å². The normalized spacial score (nSPS) is 18.7. The van der Waals surface area contributed by atoms with Crippen LogP contribution in [0.1, 0.15) is 43.2 Å². The van der Waals surface area contributed by atoms with Crippen LogP contribution in [0.3, 0.4) is 0 Å². The van der Waals surface area contributed by atoms with Crippen molar-refractivity contribution in [2.75, 3.05) is 7.05 Å². The van der Waals surface area contributed by atoms with Crippen LogP contribution in [-0.4, -0.2) is 32.3 Å². The van der Waals surface area contributed by atoms with Gasteiger partial charge in [0.1, 0.15) is 5.65 Å². The molecule has 118 valence electrons. The monoisotopic (exact) mass is 300 g/mol. The van der Waals surface area contributed by atoms with Crippen molar-refractivity contribution in [2.24, 2.45) is 7.05 Å². The average Bonchev–Trinajstić information content (AvgIpc) is 2.84. The lowest BCUT2D eigenvalue weighted by molar-refractivity contribution is 0.125. The van der Waals surface area contributed by atoms with Gasteiger partial charge in [0.2, 0.25) is 0 Å². The van der Waals surface area contributed by atoms with E-state index < -0.39 is 0 Å². The summed E-state index contributed by atoms with van der Waals surface area (Å²) in [6.45, 7) is 0.673. The molecule has 5 heteroatoms. The molecule has 2 aliphatic rings. The molecule has 0 unspecified atom stereocenters. The second kappa shape index (κ2) is 5.23. The molecule has 0 radical (unpaired) electrons. The van der Waals surface area contributed by atoms with Gasteiger partial charge in [-0.3, -0.25) is 18.9 Å². The smallest absolute Gasteiger partial charge is 0.256 e. The van der Waals surface area contributed by atoms with E-state index in [0.29, 0.717) is 12.7 Å². The molecule has 2 aromatic rings. The van der Waals surface area contributed by atoms with Crippen LogP contribution in [0.5, 0.6) is 0 Å². The van der Waals surface area contributed by atoms with Crippen LogP contribution in [-0.2, 0) is 26.6 Å². The van der Waals surface area contributed by atoms with E-state index in [4.69, 9.17) is 0 Å². The number of rotatable bonds is 3. The summed E-state index contributed by atoms with van der Waals surface area (Å²) in [4.78, 5) is 15.4. The van der Waals surface area contributed by atoms with Crippen LogP contribution in [0, 0.1) is 0 Å². The van der Waals surface area contributed by atoms with Crippen molar-refractivity contribution < 1.29 is 0 Å². The summed E-state index contributed by atoms with van der Waals surface area (Å²) in [6.07, 6.45) is 10.0. The van der Waals surface area contributed by atoms with E-state index in [-0.39, 0.29) is 5.56 Å². The Bertz CT molecular complexity index is 769. The van der Waals surface area contributed by atoms with Gasteiger partial charge in [0.25, 0.3) is 5.56 Å². The van der Waals surface area contributed by atoms with Crippen LogP contribution in [0.15, 0.2) is 11.0 Å². The predicted octanol–water partition coefficient (Wildman–Crippen LogP) is 2.06. The molecule has 2 aliphatic carbocycles. The molecule has 5 nitrogen and oxygen atoms in total. The van der Waals surface area contributed by atoms with Crippen molar-refractivity contribution in [3.63, 3.8) is 0 Å². The number of hydrogen-bond donors (Lipinski definition) is 0. The lowest BCUT2D eigenvalue weighted by Gasteiger charge is -2.35. The van der Waals surface area contributed by atoms with Crippen molar-refractivity contribution in [3.05, 3.63) is 27.7 Å². The van der Waals surface area contributed by atoms with Crippen LogP contribution < -0.4 is 5.56 Å². The molecular weight excluding hydrogens is 276 g/mol. The van der Waals surface area contributed by atoms with Gasteiger partial charge in [0.05, 0.1) is 12.9 Å². The lowest BCUT2D eigenvalue weighted by atomic mass is 9.91. The van der Waals surface area contributed by atoms with Gasteiger partial charge in [-0.05, 0) is 51.1 Å². The number of fused-ring (bicyclic) bond motifs is 3. The summed E-state index contributed by atoms with van der Waals surface area (Å²) < 4.78 is 3.81. The fourth-order valence-electron chi connectivity index (χ4n) is 3.96. The van der Waals surface area contributed by atoms with Gasteiger partial charge < -0.3 is 0 Å². The predicted molar refractivity (Wildman–Crippen MR) is 87.0 cm³/mol. The number of hydrogen-bond acceptors (Lipinski definition) is 3. The van der Waals surface area contributed by atoms with Crippen molar-refractivity contribution in [1.29, 1.82) is 0 Å². The van der Waals surface area contributed by atoms with E-state index in [1.165, 1.54) is 36.6 Å². The highest BCUT2D eigenvalue weighted by atomic mass is 16.1. The standard InChI is InChI=1S/C17H24N4O/c1-19(12-6-5-7-12)11-21-16-15(10-18-20(16)2)13-8-3-4-9-14(13)17(21)22/h10,12H,3-9,11H2,1-2H3. The van der Waals surface area contributed by atoms with Crippen molar-refractivity contribution in [3.8, 4) is 0 Å². The van der Waals surface area contributed by atoms with E-state index in [2.05, 4.69) is 17.0 Å².